The van der Waals surface area contributed by atoms with Crippen molar-refractivity contribution in [2.45, 2.75) is 77.3 Å². The van der Waals surface area contributed by atoms with E-state index in [1.807, 2.05) is 0 Å². The van der Waals surface area contributed by atoms with Gasteiger partial charge in [0.25, 0.3) is 0 Å². The second-order valence-electron chi connectivity index (χ2n) is 8.08. The van der Waals surface area contributed by atoms with Crippen molar-refractivity contribution in [3.05, 3.63) is 0 Å². The predicted molar refractivity (Wildman–Crippen MR) is 68.5 cm³/mol. The highest BCUT2D eigenvalue weighted by atomic mass is 19.4. The van der Waals surface area contributed by atoms with Crippen molar-refractivity contribution in [1.29, 1.82) is 0 Å². The molecular weight excluding hydrogens is 390 g/mol. The Kier molecular flexibility index (Phi) is 4.82. The highest BCUT2D eigenvalue weighted by molar-refractivity contribution is 5.13. The first-order valence-corrected chi connectivity index (χ1v) is 7.21. The molecule has 1 rings (SSSR count). The van der Waals surface area contributed by atoms with Crippen molar-refractivity contribution in [3.63, 3.8) is 0 Å². The molecule has 12 heteroatoms. The number of hydrogen-bond donors (Lipinski definition) is 0. The van der Waals surface area contributed by atoms with Crippen molar-refractivity contribution in [2.24, 2.45) is 10.8 Å². The van der Waals surface area contributed by atoms with Gasteiger partial charge in [-0.2, -0.15) is 35.1 Å². The lowest BCUT2D eigenvalue weighted by Crippen LogP contribution is -2.64. The molecule has 156 valence electrons. The topological polar surface area (TPSA) is 18.5 Å². The Balaban J connectivity index is 3.92. The maximum atomic E-state index is 14.9. The van der Waals surface area contributed by atoms with E-state index >= 15 is 0 Å². The van der Waals surface area contributed by atoms with E-state index in [1.54, 1.807) is 0 Å². The number of hydrogen-bond acceptors (Lipinski definition) is 2. The van der Waals surface area contributed by atoms with Gasteiger partial charge in [0.1, 0.15) is 0 Å². The standard InChI is InChI=1S/C14H18F10O2/c1-7(2,3)9(15,16)12(8(4,5)6)25-10(17,13(19,20)21)11(18,26-12)14(22,23)24/h1-6H3. The van der Waals surface area contributed by atoms with Gasteiger partial charge >= 0.3 is 30.0 Å². The van der Waals surface area contributed by atoms with Gasteiger partial charge < -0.3 is 0 Å². The SMILES string of the molecule is CC(C)(C)C(F)(F)C1(C(C)(C)C)OC(F)(C(F)(F)F)C(F)(C(F)(F)F)O1. The van der Waals surface area contributed by atoms with Crippen LogP contribution in [0.25, 0.3) is 0 Å². The van der Waals surface area contributed by atoms with Crippen molar-refractivity contribution in [3.8, 4) is 0 Å². The Morgan fingerprint density at radius 3 is 1.00 bits per heavy atom. The highest BCUT2D eigenvalue weighted by Gasteiger charge is 2.93. The van der Waals surface area contributed by atoms with Gasteiger partial charge in [-0.3, -0.25) is 9.47 Å². The van der Waals surface area contributed by atoms with Crippen molar-refractivity contribution in [1.82, 2.24) is 0 Å². The van der Waals surface area contributed by atoms with E-state index in [0.717, 1.165) is 20.8 Å². The Morgan fingerprint density at radius 2 is 0.846 bits per heavy atom. The number of rotatable bonds is 1. The Morgan fingerprint density at radius 1 is 0.577 bits per heavy atom. The van der Waals surface area contributed by atoms with E-state index in [1.165, 1.54) is 0 Å². The van der Waals surface area contributed by atoms with Gasteiger partial charge in [-0.1, -0.05) is 41.5 Å². The molecule has 0 amide bonds. The minimum absolute atomic E-state index is 0.714. The van der Waals surface area contributed by atoms with Crippen LogP contribution in [0, 0.1) is 10.8 Å². The summed E-state index contributed by atoms with van der Waals surface area (Å²) in [5, 5.41) is 0. The maximum Gasteiger partial charge on any atom is 0.455 e. The first-order chi connectivity index (χ1) is 10.9. The van der Waals surface area contributed by atoms with Gasteiger partial charge in [-0.05, 0) is 0 Å². The van der Waals surface area contributed by atoms with Gasteiger partial charge in [0.2, 0.25) is 5.79 Å². The lowest BCUT2D eigenvalue weighted by Gasteiger charge is -2.49. The summed E-state index contributed by atoms with van der Waals surface area (Å²) in [5.74, 6) is -21.3. The average molecular weight is 408 g/mol. The molecule has 2 unspecified atom stereocenters. The first-order valence-electron chi connectivity index (χ1n) is 7.21. The maximum absolute atomic E-state index is 14.9. The van der Waals surface area contributed by atoms with Crippen LogP contribution in [0.3, 0.4) is 0 Å². The van der Waals surface area contributed by atoms with E-state index in [0.29, 0.717) is 20.8 Å². The summed E-state index contributed by atoms with van der Waals surface area (Å²) in [7, 11) is 0. The minimum atomic E-state index is -6.67. The summed E-state index contributed by atoms with van der Waals surface area (Å²) in [5.41, 5.74) is -4.80. The molecule has 1 heterocycles. The zero-order chi connectivity index (χ0) is 21.4. The lowest BCUT2D eigenvalue weighted by molar-refractivity contribution is -0.422. The average Bonchev–Trinajstić information content (AvgIpc) is 2.58. The summed E-state index contributed by atoms with van der Waals surface area (Å²) in [6.45, 7) is 4.37. The van der Waals surface area contributed by atoms with Crippen LogP contribution in [0.15, 0.2) is 0 Å². The third-order valence-corrected chi connectivity index (χ3v) is 4.05. The second kappa shape index (κ2) is 5.39. The van der Waals surface area contributed by atoms with Crippen molar-refractivity contribution >= 4 is 0 Å². The van der Waals surface area contributed by atoms with Crippen LogP contribution in [-0.4, -0.2) is 35.8 Å². The van der Waals surface area contributed by atoms with E-state index in [9.17, 15) is 43.9 Å². The van der Waals surface area contributed by atoms with Crippen LogP contribution in [0.5, 0.6) is 0 Å². The molecule has 0 aromatic carbocycles. The van der Waals surface area contributed by atoms with E-state index in [-0.39, 0.29) is 0 Å². The summed E-state index contributed by atoms with van der Waals surface area (Å²) >= 11 is 0. The van der Waals surface area contributed by atoms with Crippen LogP contribution in [0.4, 0.5) is 43.9 Å². The van der Waals surface area contributed by atoms with Gasteiger partial charge in [0.15, 0.2) is 0 Å². The van der Waals surface area contributed by atoms with Crippen molar-refractivity contribution in [2.75, 3.05) is 0 Å². The zero-order valence-corrected chi connectivity index (χ0v) is 14.6. The predicted octanol–water partition coefficient (Wildman–Crippen LogP) is 5.91. The molecule has 1 fully saturated rings. The molecule has 0 N–H and O–H groups in total. The van der Waals surface area contributed by atoms with Gasteiger partial charge in [0, 0.05) is 10.8 Å². The molecule has 1 aliphatic rings. The third-order valence-electron chi connectivity index (χ3n) is 4.05. The summed E-state index contributed by atoms with van der Waals surface area (Å²) in [4.78, 5) is 0. The molecule has 1 aliphatic heterocycles. The largest absolute Gasteiger partial charge is 0.455 e. The van der Waals surface area contributed by atoms with Crippen LogP contribution < -0.4 is 0 Å². The van der Waals surface area contributed by atoms with Crippen LogP contribution in [-0.2, 0) is 9.47 Å². The van der Waals surface area contributed by atoms with Gasteiger partial charge in [-0.15, -0.1) is 0 Å². The molecule has 0 aromatic rings. The minimum Gasteiger partial charge on any atom is -0.295 e. The normalized spacial score (nSPS) is 35.1. The quantitative estimate of drug-likeness (QED) is 0.502. The monoisotopic (exact) mass is 408 g/mol. The zero-order valence-electron chi connectivity index (χ0n) is 14.6. The lowest BCUT2D eigenvalue weighted by atomic mass is 9.72. The highest BCUT2D eigenvalue weighted by Crippen LogP contribution is 2.68. The fourth-order valence-electron chi connectivity index (χ4n) is 2.43. The Hall–Kier alpha value is -0.780. The number of alkyl halides is 10. The van der Waals surface area contributed by atoms with Gasteiger partial charge in [-0.25, -0.2) is 8.78 Å². The summed E-state index contributed by atoms with van der Waals surface area (Å²) in [6, 6.07) is 0. The summed E-state index contributed by atoms with van der Waals surface area (Å²) in [6.07, 6.45) is -13.3. The molecule has 2 nitrogen and oxygen atoms in total. The third kappa shape index (κ3) is 2.70. The smallest absolute Gasteiger partial charge is 0.295 e. The molecule has 0 bridgehead atoms. The molecule has 26 heavy (non-hydrogen) atoms. The van der Waals surface area contributed by atoms with Crippen LogP contribution in [0.1, 0.15) is 41.5 Å². The molecule has 0 radical (unpaired) electrons. The number of ether oxygens (including phenoxy) is 2. The van der Waals surface area contributed by atoms with Crippen LogP contribution in [0.2, 0.25) is 0 Å². The van der Waals surface area contributed by atoms with E-state index in [4.69, 9.17) is 0 Å². The summed E-state index contributed by atoms with van der Waals surface area (Å²) < 4.78 is 144. The molecule has 0 aromatic heterocycles. The molecular formula is C14H18F10O2. The molecule has 1 saturated heterocycles. The Bertz CT molecular complexity index is 526. The van der Waals surface area contributed by atoms with E-state index in [2.05, 4.69) is 9.47 Å². The van der Waals surface area contributed by atoms with Crippen molar-refractivity contribution < 1.29 is 53.4 Å². The first kappa shape index (κ1) is 23.3. The van der Waals surface area contributed by atoms with Gasteiger partial charge in [0.05, 0.1) is 0 Å². The molecule has 0 saturated carbocycles. The molecule has 0 aliphatic carbocycles. The Labute approximate surface area is 142 Å². The molecule has 2 atom stereocenters. The second-order valence-corrected chi connectivity index (χ2v) is 8.08. The fraction of sp³-hybridized carbons (Fsp3) is 1.00. The fourth-order valence-corrected chi connectivity index (χ4v) is 2.43. The molecule has 0 spiro atoms. The number of halogens is 10. The van der Waals surface area contributed by atoms with Crippen LogP contribution >= 0.6 is 0 Å². The van der Waals surface area contributed by atoms with E-state index < -0.39 is 46.6 Å².